The van der Waals surface area contributed by atoms with Gasteiger partial charge in [0.05, 0.1) is 4.47 Å². The normalized spacial score (nSPS) is 12.6. The molecular weight excluding hydrogens is 255 g/mol. The molecule has 2 N–H and O–H groups in total. The molecule has 3 nitrogen and oxygen atoms in total. The number of benzene rings is 1. The number of hydrogen-bond acceptors (Lipinski definition) is 2. The molecule has 0 fully saturated rings. The number of carbonyl (C=O) groups is 1. The van der Waals surface area contributed by atoms with Crippen LogP contribution in [-0.4, -0.2) is 16.2 Å². The van der Waals surface area contributed by atoms with Crippen molar-refractivity contribution in [3.8, 4) is 0 Å². The summed E-state index contributed by atoms with van der Waals surface area (Å²) < 4.78 is 13.5. The molecule has 1 aromatic carbocycles. The second-order valence-corrected chi connectivity index (χ2v) is 3.67. The number of hydrogen-bond donors (Lipinski definition) is 2. The van der Waals surface area contributed by atoms with Gasteiger partial charge in [0, 0.05) is 0 Å². The Morgan fingerprint density at radius 1 is 1.57 bits per heavy atom. The predicted molar refractivity (Wildman–Crippen MR) is 51.4 cm³/mol. The van der Waals surface area contributed by atoms with Gasteiger partial charge in [0.25, 0.3) is 0 Å². The lowest BCUT2D eigenvalue weighted by Crippen LogP contribution is -2.12. The second kappa shape index (κ2) is 4.06. The van der Waals surface area contributed by atoms with Crippen molar-refractivity contribution in [3.63, 3.8) is 0 Å². The van der Waals surface area contributed by atoms with Crippen LogP contribution < -0.4 is 0 Å². The third-order valence-corrected chi connectivity index (χ3v) is 2.52. The molecule has 1 rings (SSSR count). The third kappa shape index (κ3) is 1.93. The average Bonchev–Trinajstić information content (AvgIpc) is 2.13. The van der Waals surface area contributed by atoms with Crippen molar-refractivity contribution in [2.24, 2.45) is 0 Å². The lowest BCUT2D eigenvalue weighted by Gasteiger charge is -2.10. The molecule has 0 spiro atoms. The van der Waals surface area contributed by atoms with E-state index >= 15 is 0 Å². The highest BCUT2D eigenvalue weighted by atomic mass is 79.9. The van der Waals surface area contributed by atoms with E-state index in [1.807, 2.05) is 0 Å². The first-order valence-electron chi connectivity index (χ1n) is 3.80. The topological polar surface area (TPSA) is 57.5 Å². The fourth-order valence-corrected chi connectivity index (χ4v) is 1.53. The number of aliphatic hydroxyl groups is 1. The van der Waals surface area contributed by atoms with Crippen LogP contribution in [0.5, 0.6) is 0 Å². The van der Waals surface area contributed by atoms with Gasteiger partial charge in [0.15, 0.2) is 6.10 Å². The molecule has 5 heteroatoms. The zero-order valence-corrected chi connectivity index (χ0v) is 8.88. The third-order valence-electron chi connectivity index (χ3n) is 1.91. The van der Waals surface area contributed by atoms with E-state index in [1.54, 1.807) is 0 Å². The number of aliphatic hydroxyl groups excluding tert-OH is 1. The van der Waals surface area contributed by atoms with Crippen LogP contribution in [-0.2, 0) is 4.79 Å². The van der Waals surface area contributed by atoms with Gasteiger partial charge in [-0.1, -0.05) is 6.07 Å². The van der Waals surface area contributed by atoms with Crippen molar-refractivity contribution in [2.45, 2.75) is 13.0 Å². The Morgan fingerprint density at radius 3 is 2.64 bits per heavy atom. The fourth-order valence-electron chi connectivity index (χ4n) is 1.10. The van der Waals surface area contributed by atoms with Crippen LogP contribution in [0.3, 0.4) is 0 Å². The van der Waals surface area contributed by atoms with Gasteiger partial charge in [0.2, 0.25) is 0 Å². The highest BCUT2D eigenvalue weighted by molar-refractivity contribution is 9.10. The summed E-state index contributed by atoms with van der Waals surface area (Å²) in [5, 5.41) is 17.7. The summed E-state index contributed by atoms with van der Waals surface area (Å²) in [6, 6.07) is 2.74. The Balaban J connectivity index is 3.24. The number of rotatable bonds is 2. The van der Waals surface area contributed by atoms with E-state index in [1.165, 1.54) is 19.1 Å². The van der Waals surface area contributed by atoms with Crippen LogP contribution in [0.15, 0.2) is 16.6 Å². The summed E-state index contributed by atoms with van der Waals surface area (Å²) in [7, 11) is 0. The number of carboxylic acids is 1. The molecule has 0 aliphatic heterocycles. The SMILES string of the molecule is Cc1c(C(O)C(=O)O)ccc(Br)c1F. The summed E-state index contributed by atoms with van der Waals surface area (Å²) in [6.07, 6.45) is -1.68. The first-order chi connectivity index (χ1) is 6.45. The first-order valence-corrected chi connectivity index (χ1v) is 4.59. The minimum Gasteiger partial charge on any atom is -0.479 e. The van der Waals surface area contributed by atoms with Crippen molar-refractivity contribution in [2.75, 3.05) is 0 Å². The van der Waals surface area contributed by atoms with Gasteiger partial charge < -0.3 is 10.2 Å². The van der Waals surface area contributed by atoms with E-state index in [0.717, 1.165) is 0 Å². The quantitative estimate of drug-likeness (QED) is 0.858. The molecular formula is C9H8BrFO3. The van der Waals surface area contributed by atoms with Gasteiger partial charge in [-0.3, -0.25) is 0 Å². The first kappa shape index (κ1) is 11.1. The highest BCUT2D eigenvalue weighted by Crippen LogP contribution is 2.25. The number of aliphatic carboxylic acids is 1. The molecule has 1 unspecified atom stereocenters. The molecule has 14 heavy (non-hydrogen) atoms. The van der Waals surface area contributed by atoms with Crippen molar-refractivity contribution < 1.29 is 19.4 Å². The van der Waals surface area contributed by atoms with E-state index in [0.29, 0.717) is 0 Å². The Kier molecular flexibility index (Phi) is 3.23. The monoisotopic (exact) mass is 262 g/mol. The Labute approximate surface area is 88.3 Å². The van der Waals surface area contributed by atoms with Crippen LogP contribution in [0, 0.1) is 12.7 Å². The molecule has 0 saturated heterocycles. The van der Waals surface area contributed by atoms with Crippen LogP contribution in [0.2, 0.25) is 0 Å². The van der Waals surface area contributed by atoms with Gasteiger partial charge in [-0.05, 0) is 40.0 Å². The van der Waals surface area contributed by atoms with E-state index in [9.17, 15) is 14.3 Å². The number of carboxylic acid groups (broad SMARTS) is 1. The van der Waals surface area contributed by atoms with Crippen molar-refractivity contribution in [1.29, 1.82) is 0 Å². The molecule has 1 atom stereocenters. The molecule has 0 bridgehead atoms. The smallest absolute Gasteiger partial charge is 0.337 e. The largest absolute Gasteiger partial charge is 0.479 e. The zero-order chi connectivity index (χ0) is 10.9. The predicted octanol–water partition coefficient (Wildman–Crippen LogP) is 2.01. The van der Waals surface area contributed by atoms with E-state index < -0.39 is 17.9 Å². The van der Waals surface area contributed by atoms with Crippen molar-refractivity contribution in [1.82, 2.24) is 0 Å². The van der Waals surface area contributed by atoms with Crippen LogP contribution >= 0.6 is 15.9 Å². The molecule has 0 aliphatic rings. The Hall–Kier alpha value is -0.940. The van der Waals surface area contributed by atoms with Gasteiger partial charge in [-0.15, -0.1) is 0 Å². The fraction of sp³-hybridized carbons (Fsp3) is 0.222. The molecule has 0 aromatic heterocycles. The van der Waals surface area contributed by atoms with Gasteiger partial charge in [-0.25, -0.2) is 9.18 Å². The standard InChI is InChI=1S/C9H8BrFO3/c1-4-5(8(12)9(13)14)2-3-6(10)7(4)11/h2-3,8,12H,1H3,(H,13,14). The maximum atomic E-state index is 13.3. The lowest BCUT2D eigenvalue weighted by atomic mass is 10.0. The van der Waals surface area contributed by atoms with Gasteiger partial charge in [0.1, 0.15) is 5.82 Å². The molecule has 1 aromatic rings. The molecule has 0 amide bonds. The minimum absolute atomic E-state index is 0.0678. The Bertz CT molecular complexity index is 379. The zero-order valence-electron chi connectivity index (χ0n) is 7.29. The minimum atomic E-state index is -1.68. The maximum Gasteiger partial charge on any atom is 0.337 e. The van der Waals surface area contributed by atoms with E-state index in [4.69, 9.17) is 5.11 Å². The average molecular weight is 263 g/mol. The summed E-state index contributed by atoms with van der Waals surface area (Å²) in [5.41, 5.74) is 0.201. The van der Waals surface area contributed by atoms with Crippen LogP contribution in [0.1, 0.15) is 17.2 Å². The van der Waals surface area contributed by atoms with Crippen molar-refractivity contribution in [3.05, 3.63) is 33.5 Å². The maximum absolute atomic E-state index is 13.3. The van der Waals surface area contributed by atoms with Crippen LogP contribution in [0.25, 0.3) is 0 Å². The summed E-state index contributed by atoms with van der Waals surface area (Å²) in [4.78, 5) is 10.5. The van der Waals surface area contributed by atoms with Crippen molar-refractivity contribution >= 4 is 21.9 Å². The van der Waals surface area contributed by atoms with Crippen LogP contribution in [0.4, 0.5) is 4.39 Å². The molecule has 0 aliphatic carbocycles. The second-order valence-electron chi connectivity index (χ2n) is 2.82. The lowest BCUT2D eigenvalue weighted by molar-refractivity contribution is -0.147. The summed E-state index contributed by atoms with van der Waals surface area (Å²) in [5.74, 6) is -1.95. The molecule has 0 radical (unpaired) electrons. The van der Waals surface area contributed by atoms with E-state index in [2.05, 4.69) is 15.9 Å². The van der Waals surface area contributed by atoms with Gasteiger partial charge in [-0.2, -0.15) is 0 Å². The molecule has 0 heterocycles. The van der Waals surface area contributed by atoms with E-state index in [-0.39, 0.29) is 15.6 Å². The number of halogens is 2. The summed E-state index contributed by atoms with van der Waals surface area (Å²) >= 11 is 2.96. The van der Waals surface area contributed by atoms with Gasteiger partial charge >= 0.3 is 5.97 Å². The summed E-state index contributed by atoms with van der Waals surface area (Å²) in [6.45, 7) is 1.42. The Morgan fingerprint density at radius 2 is 2.14 bits per heavy atom. The molecule has 76 valence electrons. The highest BCUT2D eigenvalue weighted by Gasteiger charge is 2.20. The molecule has 0 saturated carbocycles.